The summed E-state index contributed by atoms with van der Waals surface area (Å²) in [5.41, 5.74) is 2.77. The van der Waals surface area contributed by atoms with Crippen molar-refractivity contribution in [1.82, 2.24) is 0 Å². The van der Waals surface area contributed by atoms with Gasteiger partial charge in [0.25, 0.3) is 0 Å². The molecule has 1 atom stereocenters. The highest BCUT2D eigenvalue weighted by Gasteiger charge is 2.28. The minimum atomic E-state index is -0.273. The first kappa shape index (κ1) is 17.5. The van der Waals surface area contributed by atoms with Gasteiger partial charge in [-0.05, 0) is 46.8 Å². The number of carbonyl (C=O) groups excluding carboxylic acids is 1. The molecule has 0 unspecified atom stereocenters. The molecule has 2 heterocycles. The first-order chi connectivity index (χ1) is 13.1. The molecule has 27 heavy (non-hydrogen) atoms. The van der Waals surface area contributed by atoms with Crippen molar-refractivity contribution >= 4 is 22.9 Å². The molecule has 1 amide bonds. The number of fused-ring (bicyclic) bond motifs is 1. The zero-order valence-electron chi connectivity index (χ0n) is 14.7. The van der Waals surface area contributed by atoms with Gasteiger partial charge in [0.2, 0.25) is 5.91 Å². The van der Waals surface area contributed by atoms with Gasteiger partial charge in [0.15, 0.2) is 11.5 Å². The van der Waals surface area contributed by atoms with E-state index in [2.05, 4.69) is 5.32 Å². The standard InChI is InChI=1S/C21H18FNO3S/c1-25-19-10-14(16-11-20(24)23-17-8-9-27-21(16)17)4-7-18(19)26-12-13-2-5-15(22)6-3-13/h2-10,16H,11-12H2,1H3,(H,23,24)/t16-/m0/s1. The molecule has 0 bridgehead atoms. The highest BCUT2D eigenvalue weighted by Crippen LogP contribution is 2.42. The van der Waals surface area contributed by atoms with E-state index >= 15 is 0 Å². The van der Waals surface area contributed by atoms with Crippen molar-refractivity contribution in [3.8, 4) is 11.5 Å². The first-order valence-corrected chi connectivity index (χ1v) is 9.44. The van der Waals surface area contributed by atoms with Crippen molar-refractivity contribution < 1.29 is 18.7 Å². The summed E-state index contributed by atoms with van der Waals surface area (Å²) in [5, 5.41) is 4.90. The van der Waals surface area contributed by atoms with Crippen LogP contribution in [0.3, 0.4) is 0 Å². The molecule has 1 aliphatic heterocycles. The molecular formula is C21H18FNO3S. The molecule has 0 saturated carbocycles. The third-order valence-corrected chi connectivity index (χ3v) is 5.60. The van der Waals surface area contributed by atoms with Crippen LogP contribution in [0.2, 0.25) is 0 Å². The Morgan fingerprint density at radius 2 is 1.96 bits per heavy atom. The van der Waals surface area contributed by atoms with Gasteiger partial charge in [-0.25, -0.2) is 4.39 Å². The van der Waals surface area contributed by atoms with Gasteiger partial charge in [0, 0.05) is 17.2 Å². The highest BCUT2D eigenvalue weighted by atomic mass is 32.1. The average Bonchev–Trinajstić information content (AvgIpc) is 3.15. The number of methoxy groups -OCH3 is 1. The van der Waals surface area contributed by atoms with Crippen LogP contribution in [0.5, 0.6) is 11.5 Å². The van der Waals surface area contributed by atoms with Crippen LogP contribution in [0, 0.1) is 5.82 Å². The average molecular weight is 383 g/mol. The summed E-state index contributed by atoms with van der Waals surface area (Å²) in [6.07, 6.45) is 0.409. The van der Waals surface area contributed by atoms with E-state index < -0.39 is 0 Å². The number of rotatable bonds is 5. The van der Waals surface area contributed by atoms with E-state index in [-0.39, 0.29) is 17.6 Å². The number of amides is 1. The normalized spacial score (nSPS) is 15.8. The van der Waals surface area contributed by atoms with E-state index in [0.29, 0.717) is 24.5 Å². The highest BCUT2D eigenvalue weighted by molar-refractivity contribution is 7.10. The molecule has 1 aromatic heterocycles. The maximum Gasteiger partial charge on any atom is 0.225 e. The lowest BCUT2D eigenvalue weighted by Crippen LogP contribution is -2.21. The third-order valence-electron chi connectivity index (χ3n) is 4.57. The molecule has 1 N–H and O–H groups in total. The van der Waals surface area contributed by atoms with Crippen LogP contribution in [0.25, 0.3) is 0 Å². The maximum atomic E-state index is 13.0. The molecule has 138 valence electrons. The number of thiophene rings is 1. The number of hydrogen-bond donors (Lipinski definition) is 1. The number of ether oxygens (including phenoxy) is 2. The summed E-state index contributed by atoms with van der Waals surface area (Å²) in [4.78, 5) is 13.2. The zero-order valence-corrected chi connectivity index (χ0v) is 15.5. The lowest BCUT2D eigenvalue weighted by Gasteiger charge is -2.23. The van der Waals surface area contributed by atoms with Crippen LogP contribution >= 0.6 is 11.3 Å². The minimum Gasteiger partial charge on any atom is -0.493 e. The van der Waals surface area contributed by atoms with E-state index in [9.17, 15) is 9.18 Å². The zero-order chi connectivity index (χ0) is 18.8. The summed E-state index contributed by atoms with van der Waals surface area (Å²) in [6.45, 7) is 0.316. The van der Waals surface area contributed by atoms with Gasteiger partial charge >= 0.3 is 0 Å². The van der Waals surface area contributed by atoms with Crippen molar-refractivity contribution in [2.24, 2.45) is 0 Å². The Kier molecular flexibility index (Phi) is 4.81. The third kappa shape index (κ3) is 3.66. The van der Waals surface area contributed by atoms with Gasteiger partial charge in [-0.2, -0.15) is 0 Å². The predicted octanol–water partition coefficient (Wildman–Crippen LogP) is 4.95. The second kappa shape index (κ2) is 7.40. The minimum absolute atomic E-state index is 0.00815. The van der Waals surface area contributed by atoms with Crippen molar-refractivity contribution in [3.63, 3.8) is 0 Å². The van der Waals surface area contributed by atoms with E-state index in [1.165, 1.54) is 12.1 Å². The van der Waals surface area contributed by atoms with Crippen LogP contribution in [0.4, 0.5) is 10.1 Å². The largest absolute Gasteiger partial charge is 0.493 e. The van der Waals surface area contributed by atoms with Crippen molar-refractivity contribution in [1.29, 1.82) is 0 Å². The fourth-order valence-electron chi connectivity index (χ4n) is 3.20. The SMILES string of the molecule is COc1cc([C@@H]2CC(=O)Nc3ccsc32)ccc1OCc1ccc(F)cc1. The molecule has 0 spiro atoms. The number of nitrogens with one attached hydrogen (secondary N) is 1. The van der Waals surface area contributed by atoms with Crippen LogP contribution in [0.1, 0.15) is 28.3 Å². The van der Waals surface area contributed by atoms with E-state index in [1.807, 2.05) is 29.6 Å². The maximum absolute atomic E-state index is 13.0. The first-order valence-electron chi connectivity index (χ1n) is 8.56. The Balaban J connectivity index is 1.57. The molecule has 3 aromatic rings. The second-order valence-electron chi connectivity index (χ2n) is 6.33. The smallest absolute Gasteiger partial charge is 0.225 e. The molecule has 1 aliphatic rings. The summed E-state index contributed by atoms with van der Waals surface area (Å²) in [6, 6.07) is 13.9. The lowest BCUT2D eigenvalue weighted by molar-refractivity contribution is -0.116. The second-order valence-corrected chi connectivity index (χ2v) is 7.28. The topological polar surface area (TPSA) is 47.6 Å². The van der Waals surface area contributed by atoms with Crippen LogP contribution in [-0.2, 0) is 11.4 Å². The fourth-order valence-corrected chi connectivity index (χ4v) is 4.18. The summed E-state index contributed by atoms with van der Waals surface area (Å²) in [5.74, 6) is 0.969. The van der Waals surface area contributed by atoms with Gasteiger partial charge < -0.3 is 14.8 Å². The molecular weight excluding hydrogens is 365 g/mol. The van der Waals surface area contributed by atoms with Crippen LogP contribution in [0.15, 0.2) is 53.9 Å². The van der Waals surface area contributed by atoms with Crippen molar-refractivity contribution in [2.75, 3.05) is 12.4 Å². The summed E-state index contributed by atoms with van der Waals surface area (Å²) < 4.78 is 24.4. The number of halogens is 1. The predicted molar refractivity (Wildman–Crippen MR) is 103 cm³/mol. The molecule has 0 fully saturated rings. The number of carbonyl (C=O) groups is 1. The van der Waals surface area contributed by atoms with Gasteiger partial charge in [-0.3, -0.25) is 4.79 Å². The molecule has 4 nitrogen and oxygen atoms in total. The number of anilines is 1. The van der Waals surface area contributed by atoms with Crippen LogP contribution < -0.4 is 14.8 Å². The molecule has 0 radical (unpaired) electrons. The molecule has 6 heteroatoms. The van der Waals surface area contributed by atoms with E-state index in [4.69, 9.17) is 9.47 Å². The monoisotopic (exact) mass is 383 g/mol. The summed E-state index contributed by atoms with van der Waals surface area (Å²) in [7, 11) is 1.59. The lowest BCUT2D eigenvalue weighted by atomic mass is 9.90. The fraction of sp³-hybridized carbons (Fsp3) is 0.190. The molecule has 4 rings (SSSR count). The Morgan fingerprint density at radius 3 is 2.74 bits per heavy atom. The van der Waals surface area contributed by atoms with Crippen LogP contribution in [-0.4, -0.2) is 13.0 Å². The Hall–Kier alpha value is -2.86. The Bertz CT molecular complexity index is 968. The summed E-state index contributed by atoms with van der Waals surface area (Å²) >= 11 is 1.64. The van der Waals surface area contributed by atoms with Gasteiger partial charge in [0.05, 0.1) is 12.8 Å². The van der Waals surface area contributed by atoms with Crippen molar-refractivity contribution in [3.05, 3.63) is 75.7 Å². The Labute approximate surface area is 160 Å². The van der Waals surface area contributed by atoms with E-state index in [1.54, 1.807) is 30.6 Å². The van der Waals surface area contributed by atoms with Gasteiger partial charge in [0.1, 0.15) is 12.4 Å². The van der Waals surface area contributed by atoms with E-state index in [0.717, 1.165) is 21.7 Å². The quantitative estimate of drug-likeness (QED) is 0.678. The molecule has 0 aliphatic carbocycles. The Morgan fingerprint density at radius 1 is 1.15 bits per heavy atom. The molecule has 0 saturated heterocycles. The number of hydrogen-bond acceptors (Lipinski definition) is 4. The number of benzene rings is 2. The van der Waals surface area contributed by atoms with Gasteiger partial charge in [-0.15, -0.1) is 11.3 Å². The molecule has 2 aromatic carbocycles. The van der Waals surface area contributed by atoms with Gasteiger partial charge in [-0.1, -0.05) is 18.2 Å². The van der Waals surface area contributed by atoms with Crippen molar-refractivity contribution in [2.45, 2.75) is 18.9 Å².